The molecular weight excluding hydrogens is 202 g/mol. The Morgan fingerprint density at radius 2 is 2.00 bits per heavy atom. The zero-order valence-electron chi connectivity index (χ0n) is 9.44. The van der Waals surface area contributed by atoms with E-state index >= 15 is 0 Å². The van der Waals surface area contributed by atoms with Gasteiger partial charge in [0.15, 0.2) is 0 Å². The van der Waals surface area contributed by atoms with Gasteiger partial charge in [0.1, 0.15) is 5.54 Å². The van der Waals surface area contributed by atoms with Crippen molar-refractivity contribution >= 4 is 5.97 Å². The largest absolute Gasteiger partial charge is 0.480 e. The maximum Gasteiger partial charge on any atom is 0.323 e. The average Bonchev–Trinajstić information content (AvgIpc) is 2.24. The Morgan fingerprint density at radius 1 is 1.38 bits per heavy atom. The van der Waals surface area contributed by atoms with Crippen molar-refractivity contribution in [1.82, 2.24) is 5.32 Å². The van der Waals surface area contributed by atoms with Crippen LogP contribution in [0.2, 0.25) is 0 Å². The maximum absolute atomic E-state index is 11.2. The highest BCUT2D eigenvalue weighted by atomic mass is 16.4. The normalized spacial score (nSPS) is 19.8. The summed E-state index contributed by atoms with van der Waals surface area (Å²) in [7, 11) is 0. The summed E-state index contributed by atoms with van der Waals surface area (Å²) in [5.41, 5.74) is 0.449. The zero-order chi connectivity index (χ0) is 11.6. The quantitative estimate of drug-likeness (QED) is 0.817. The van der Waals surface area contributed by atoms with Gasteiger partial charge in [-0.1, -0.05) is 30.3 Å². The highest BCUT2D eigenvalue weighted by Crippen LogP contribution is 2.34. The van der Waals surface area contributed by atoms with Crippen LogP contribution in [0, 0.1) is 0 Å². The summed E-state index contributed by atoms with van der Waals surface area (Å²) < 4.78 is 0. The van der Waals surface area contributed by atoms with Gasteiger partial charge in [0.25, 0.3) is 0 Å². The predicted octanol–water partition coefficient (Wildman–Crippen LogP) is 2.34. The number of benzene rings is 1. The Bertz CT molecular complexity index is 371. The van der Waals surface area contributed by atoms with Gasteiger partial charge in [-0.2, -0.15) is 0 Å². The molecule has 86 valence electrons. The molecule has 16 heavy (non-hydrogen) atoms. The summed E-state index contributed by atoms with van der Waals surface area (Å²) in [6.07, 6.45) is 2.47. The van der Waals surface area contributed by atoms with Gasteiger partial charge in [-0.15, -0.1) is 0 Å². The molecule has 0 saturated heterocycles. The van der Waals surface area contributed by atoms with Crippen molar-refractivity contribution < 1.29 is 9.90 Å². The van der Waals surface area contributed by atoms with E-state index in [-0.39, 0.29) is 6.04 Å². The summed E-state index contributed by atoms with van der Waals surface area (Å²) in [6, 6.07) is 10.0. The van der Waals surface area contributed by atoms with E-state index in [1.165, 1.54) is 0 Å². The number of nitrogens with one attached hydrogen (secondary N) is 1. The highest BCUT2D eigenvalue weighted by Gasteiger charge is 2.45. The first kappa shape index (κ1) is 11.1. The van der Waals surface area contributed by atoms with Gasteiger partial charge < -0.3 is 5.11 Å². The van der Waals surface area contributed by atoms with Gasteiger partial charge in [-0.25, -0.2) is 0 Å². The van der Waals surface area contributed by atoms with Crippen LogP contribution in [0.1, 0.15) is 37.8 Å². The summed E-state index contributed by atoms with van der Waals surface area (Å²) in [5.74, 6) is -0.721. The van der Waals surface area contributed by atoms with E-state index in [1.807, 2.05) is 37.3 Å². The molecule has 1 atom stereocenters. The standard InChI is InChI=1S/C13H17NO2/c1-10(11-6-3-2-4-7-11)14-13(12(15)16)8-5-9-13/h2-4,6-7,10,14H,5,8-9H2,1H3,(H,15,16). The van der Waals surface area contributed by atoms with Crippen LogP contribution < -0.4 is 5.32 Å². The molecule has 0 aromatic heterocycles. The van der Waals surface area contributed by atoms with Crippen molar-refractivity contribution in [3.63, 3.8) is 0 Å². The second kappa shape index (κ2) is 4.26. The molecule has 1 aromatic carbocycles. The number of aliphatic carboxylic acids is 1. The molecular formula is C13H17NO2. The molecule has 0 amide bonds. The second-order valence-electron chi connectivity index (χ2n) is 4.52. The lowest BCUT2D eigenvalue weighted by molar-refractivity contribution is -0.149. The Labute approximate surface area is 95.5 Å². The van der Waals surface area contributed by atoms with E-state index in [0.717, 1.165) is 24.8 Å². The van der Waals surface area contributed by atoms with Crippen LogP contribution in [0.5, 0.6) is 0 Å². The first-order valence-electron chi connectivity index (χ1n) is 5.70. The molecule has 2 rings (SSSR count). The third kappa shape index (κ3) is 1.95. The van der Waals surface area contributed by atoms with Gasteiger partial charge in [-0.3, -0.25) is 10.1 Å². The number of carboxylic acid groups (broad SMARTS) is 1. The molecule has 1 aromatic rings. The molecule has 0 heterocycles. The molecule has 2 N–H and O–H groups in total. The van der Waals surface area contributed by atoms with Crippen LogP contribution in [0.3, 0.4) is 0 Å². The molecule has 3 heteroatoms. The van der Waals surface area contributed by atoms with Crippen LogP contribution in [0.4, 0.5) is 0 Å². The number of rotatable bonds is 4. The van der Waals surface area contributed by atoms with Gasteiger partial charge >= 0.3 is 5.97 Å². The van der Waals surface area contributed by atoms with Crippen LogP contribution in [0.25, 0.3) is 0 Å². The van der Waals surface area contributed by atoms with E-state index in [9.17, 15) is 9.90 Å². The van der Waals surface area contributed by atoms with E-state index in [2.05, 4.69) is 5.32 Å². The van der Waals surface area contributed by atoms with Crippen molar-refractivity contribution in [3.05, 3.63) is 35.9 Å². The minimum Gasteiger partial charge on any atom is -0.480 e. The Morgan fingerprint density at radius 3 is 2.44 bits per heavy atom. The average molecular weight is 219 g/mol. The van der Waals surface area contributed by atoms with Crippen LogP contribution in [0.15, 0.2) is 30.3 Å². The minimum absolute atomic E-state index is 0.0811. The van der Waals surface area contributed by atoms with E-state index < -0.39 is 11.5 Å². The highest BCUT2D eigenvalue weighted by molar-refractivity contribution is 5.80. The van der Waals surface area contributed by atoms with Crippen LogP contribution >= 0.6 is 0 Å². The molecule has 1 aliphatic carbocycles. The topological polar surface area (TPSA) is 49.3 Å². The van der Waals surface area contributed by atoms with Crippen molar-refractivity contribution in [1.29, 1.82) is 0 Å². The fourth-order valence-electron chi connectivity index (χ4n) is 2.19. The van der Waals surface area contributed by atoms with Crippen molar-refractivity contribution in [3.8, 4) is 0 Å². The van der Waals surface area contributed by atoms with Crippen molar-refractivity contribution in [2.75, 3.05) is 0 Å². The summed E-state index contributed by atoms with van der Waals surface area (Å²) in [6.45, 7) is 2.01. The second-order valence-corrected chi connectivity index (χ2v) is 4.52. The third-order valence-corrected chi connectivity index (χ3v) is 3.41. The minimum atomic E-state index is -0.721. The summed E-state index contributed by atoms with van der Waals surface area (Å²) in [4.78, 5) is 11.2. The van der Waals surface area contributed by atoms with Crippen molar-refractivity contribution in [2.24, 2.45) is 0 Å². The van der Waals surface area contributed by atoms with Gasteiger partial charge in [0.05, 0.1) is 0 Å². The summed E-state index contributed by atoms with van der Waals surface area (Å²) in [5, 5.41) is 12.5. The molecule has 1 saturated carbocycles. The monoisotopic (exact) mass is 219 g/mol. The van der Waals surface area contributed by atoms with Crippen molar-refractivity contribution in [2.45, 2.75) is 37.8 Å². The fraction of sp³-hybridized carbons (Fsp3) is 0.462. The van der Waals surface area contributed by atoms with E-state index in [4.69, 9.17) is 0 Å². The fourth-order valence-corrected chi connectivity index (χ4v) is 2.19. The first-order chi connectivity index (χ1) is 7.64. The third-order valence-electron chi connectivity index (χ3n) is 3.41. The molecule has 3 nitrogen and oxygen atoms in total. The number of hydrogen-bond acceptors (Lipinski definition) is 2. The molecule has 0 spiro atoms. The number of hydrogen-bond donors (Lipinski definition) is 2. The lowest BCUT2D eigenvalue weighted by Gasteiger charge is -2.40. The van der Waals surface area contributed by atoms with Crippen LogP contribution in [-0.2, 0) is 4.79 Å². The molecule has 1 fully saturated rings. The van der Waals surface area contributed by atoms with E-state index in [1.54, 1.807) is 0 Å². The smallest absolute Gasteiger partial charge is 0.323 e. The van der Waals surface area contributed by atoms with Crippen LogP contribution in [-0.4, -0.2) is 16.6 Å². The molecule has 1 aliphatic rings. The van der Waals surface area contributed by atoms with Gasteiger partial charge in [0.2, 0.25) is 0 Å². The molecule has 1 unspecified atom stereocenters. The maximum atomic E-state index is 11.2. The molecule has 0 aliphatic heterocycles. The lowest BCUT2D eigenvalue weighted by atomic mass is 9.76. The number of carboxylic acids is 1. The Balaban J connectivity index is 2.07. The first-order valence-corrected chi connectivity index (χ1v) is 5.70. The SMILES string of the molecule is CC(NC1(C(=O)O)CCC1)c1ccccc1. The Kier molecular flexibility index (Phi) is 2.97. The summed E-state index contributed by atoms with van der Waals surface area (Å²) >= 11 is 0. The molecule has 0 bridgehead atoms. The lowest BCUT2D eigenvalue weighted by Crippen LogP contribution is -2.57. The Hall–Kier alpha value is -1.35. The zero-order valence-corrected chi connectivity index (χ0v) is 9.44. The van der Waals surface area contributed by atoms with Gasteiger partial charge in [0, 0.05) is 6.04 Å². The molecule has 0 radical (unpaired) electrons. The van der Waals surface area contributed by atoms with Gasteiger partial charge in [-0.05, 0) is 31.7 Å². The number of carbonyl (C=O) groups is 1. The predicted molar refractivity (Wildman–Crippen MR) is 62.2 cm³/mol. The van der Waals surface area contributed by atoms with E-state index in [0.29, 0.717) is 0 Å².